The van der Waals surface area contributed by atoms with Crippen LogP contribution in [0.3, 0.4) is 0 Å². The lowest BCUT2D eigenvalue weighted by molar-refractivity contribution is -0.131. The summed E-state index contributed by atoms with van der Waals surface area (Å²) >= 11 is 0. The van der Waals surface area contributed by atoms with E-state index in [-0.39, 0.29) is 12.0 Å². The predicted octanol–water partition coefficient (Wildman–Crippen LogP) is 3.03. The molecule has 0 N–H and O–H groups in total. The van der Waals surface area contributed by atoms with Gasteiger partial charge in [-0.1, -0.05) is 13.8 Å². The number of likely N-dealkylation sites (tertiary alicyclic amines) is 2. The van der Waals surface area contributed by atoms with E-state index in [2.05, 4.69) is 23.6 Å². The Labute approximate surface area is 160 Å². The molecule has 0 aliphatic carbocycles. The summed E-state index contributed by atoms with van der Waals surface area (Å²) in [5, 5.41) is 0. The number of rotatable bonds is 10. The van der Waals surface area contributed by atoms with Gasteiger partial charge in [0.2, 0.25) is 5.91 Å². The second-order valence-corrected chi connectivity index (χ2v) is 8.70. The van der Waals surface area contributed by atoms with Gasteiger partial charge in [0.25, 0.3) is 0 Å². The molecule has 2 aliphatic heterocycles. The van der Waals surface area contributed by atoms with Crippen LogP contribution in [-0.4, -0.2) is 74.4 Å². The first kappa shape index (κ1) is 21.6. The van der Waals surface area contributed by atoms with Crippen LogP contribution in [0.2, 0.25) is 0 Å². The highest BCUT2D eigenvalue weighted by Gasteiger charge is 2.33. The summed E-state index contributed by atoms with van der Waals surface area (Å²) in [5.41, 5.74) is 0. The van der Waals surface area contributed by atoms with Crippen molar-refractivity contribution < 1.29 is 14.3 Å². The second-order valence-electron chi connectivity index (χ2n) is 8.70. The van der Waals surface area contributed by atoms with E-state index in [9.17, 15) is 4.79 Å². The van der Waals surface area contributed by atoms with Crippen molar-refractivity contribution in [3.8, 4) is 0 Å². The Morgan fingerprint density at radius 1 is 0.962 bits per heavy atom. The van der Waals surface area contributed by atoms with Gasteiger partial charge >= 0.3 is 0 Å². The van der Waals surface area contributed by atoms with E-state index in [4.69, 9.17) is 9.47 Å². The van der Waals surface area contributed by atoms with E-state index >= 15 is 0 Å². The average Bonchev–Trinajstić information content (AvgIpc) is 3.08. The van der Waals surface area contributed by atoms with Gasteiger partial charge in [0.15, 0.2) is 0 Å². The molecule has 5 nitrogen and oxygen atoms in total. The predicted molar refractivity (Wildman–Crippen MR) is 105 cm³/mol. The maximum absolute atomic E-state index is 12.4. The van der Waals surface area contributed by atoms with Gasteiger partial charge in [0.1, 0.15) is 0 Å². The van der Waals surface area contributed by atoms with Crippen LogP contribution in [-0.2, 0) is 14.3 Å². The van der Waals surface area contributed by atoms with Crippen LogP contribution in [0.1, 0.15) is 53.4 Å². The molecule has 0 radical (unpaired) electrons. The number of ether oxygens (including phenoxy) is 2. The Balaban J connectivity index is 1.58. The molecule has 26 heavy (non-hydrogen) atoms. The first-order chi connectivity index (χ1) is 12.5. The third-order valence-corrected chi connectivity index (χ3v) is 5.64. The maximum Gasteiger partial charge on any atom is 0.224 e. The van der Waals surface area contributed by atoms with Crippen molar-refractivity contribution in [2.24, 2.45) is 17.8 Å². The van der Waals surface area contributed by atoms with Gasteiger partial charge in [-0.2, -0.15) is 0 Å². The number of piperidine rings is 1. The summed E-state index contributed by atoms with van der Waals surface area (Å²) in [7, 11) is 0. The Morgan fingerprint density at radius 3 is 2.31 bits per heavy atom. The average molecular weight is 369 g/mol. The zero-order valence-electron chi connectivity index (χ0n) is 17.4. The van der Waals surface area contributed by atoms with E-state index in [0.717, 1.165) is 24.9 Å². The summed E-state index contributed by atoms with van der Waals surface area (Å²) < 4.78 is 11.0. The molecule has 1 unspecified atom stereocenters. The first-order valence-electron chi connectivity index (χ1n) is 10.6. The van der Waals surface area contributed by atoms with E-state index in [1.54, 1.807) is 0 Å². The molecule has 2 aliphatic rings. The Kier molecular flexibility index (Phi) is 9.37. The largest absolute Gasteiger partial charge is 0.379 e. The summed E-state index contributed by atoms with van der Waals surface area (Å²) in [6.07, 6.45) is 4.53. The summed E-state index contributed by atoms with van der Waals surface area (Å²) in [5.74, 6) is 2.53. The van der Waals surface area contributed by atoms with Crippen LogP contribution in [0.5, 0.6) is 0 Å². The number of amides is 1. The van der Waals surface area contributed by atoms with Crippen LogP contribution in [0, 0.1) is 17.8 Å². The molecule has 2 fully saturated rings. The van der Waals surface area contributed by atoms with Gasteiger partial charge in [-0.05, 0) is 64.0 Å². The zero-order chi connectivity index (χ0) is 18.9. The minimum Gasteiger partial charge on any atom is -0.379 e. The Bertz CT molecular complexity index is 406. The lowest BCUT2D eigenvalue weighted by Gasteiger charge is -2.35. The molecule has 1 atom stereocenters. The molecular weight excluding hydrogens is 328 g/mol. The lowest BCUT2D eigenvalue weighted by atomic mass is 9.83. The van der Waals surface area contributed by atoms with Crippen molar-refractivity contribution in [2.75, 3.05) is 52.5 Å². The molecule has 0 saturated carbocycles. The number of carbonyl (C=O) groups excluding carboxylic acids is 1. The highest BCUT2D eigenvalue weighted by molar-refractivity contribution is 5.76. The standard InChI is InChI=1S/C21H40N2O3/c1-17(2)15-22-9-5-19(6-10-22)20-7-11-23(16-20)21(24)8-12-25-13-14-26-18(3)4/h17-20H,5-16H2,1-4H3. The zero-order valence-corrected chi connectivity index (χ0v) is 17.4. The molecule has 0 aromatic rings. The number of hydrogen-bond donors (Lipinski definition) is 0. The number of hydrogen-bond acceptors (Lipinski definition) is 4. The van der Waals surface area contributed by atoms with E-state index < -0.39 is 0 Å². The van der Waals surface area contributed by atoms with Crippen molar-refractivity contribution in [3.05, 3.63) is 0 Å². The van der Waals surface area contributed by atoms with Crippen LogP contribution in [0.25, 0.3) is 0 Å². The van der Waals surface area contributed by atoms with Gasteiger partial charge < -0.3 is 19.3 Å². The molecule has 0 bridgehead atoms. The highest BCUT2D eigenvalue weighted by Crippen LogP contribution is 2.32. The molecule has 0 aromatic carbocycles. The van der Waals surface area contributed by atoms with Gasteiger partial charge in [-0.3, -0.25) is 4.79 Å². The minimum atomic E-state index is 0.235. The Hall–Kier alpha value is -0.650. The molecular formula is C21H40N2O3. The van der Waals surface area contributed by atoms with Crippen LogP contribution in [0.15, 0.2) is 0 Å². The van der Waals surface area contributed by atoms with E-state index in [1.165, 1.54) is 38.9 Å². The fraction of sp³-hybridized carbons (Fsp3) is 0.952. The second kappa shape index (κ2) is 11.3. The fourth-order valence-electron chi connectivity index (χ4n) is 4.28. The van der Waals surface area contributed by atoms with Crippen molar-refractivity contribution in [2.45, 2.75) is 59.5 Å². The molecule has 0 aromatic heterocycles. The van der Waals surface area contributed by atoms with Gasteiger partial charge in [-0.15, -0.1) is 0 Å². The van der Waals surface area contributed by atoms with Gasteiger partial charge in [0.05, 0.1) is 32.3 Å². The van der Waals surface area contributed by atoms with Crippen molar-refractivity contribution in [3.63, 3.8) is 0 Å². The maximum atomic E-state index is 12.4. The smallest absolute Gasteiger partial charge is 0.224 e. The third kappa shape index (κ3) is 7.53. The minimum absolute atomic E-state index is 0.235. The lowest BCUT2D eigenvalue weighted by Crippen LogP contribution is -2.39. The van der Waals surface area contributed by atoms with E-state index in [0.29, 0.717) is 32.2 Å². The third-order valence-electron chi connectivity index (χ3n) is 5.64. The molecule has 1 amide bonds. The highest BCUT2D eigenvalue weighted by atomic mass is 16.5. The quantitative estimate of drug-likeness (QED) is 0.556. The Morgan fingerprint density at radius 2 is 1.65 bits per heavy atom. The topological polar surface area (TPSA) is 42.0 Å². The van der Waals surface area contributed by atoms with Gasteiger partial charge in [0, 0.05) is 19.6 Å². The monoisotopic (exact) mass is 368 g/mol. The van der Waals surface area contributed by atoms with Crippen LogP contribution >= 0.6 is 0 Å². The molecule has 5 heteroatoms. The molecule has 0 spiro atoms. The summed E-state index contributed by atoms with van der Waals surface area (Å²) in [6.45, 7) is 15.9. The van der Waals surface area contributed by atoms with Crippen LogP contribution in [0.4, 0.5) is 0 Å². The number of carbonyl (C=O) groups is 1. The summed E-state index contributed by atoms with van der Waals surface area (Å²) in [4.78, 5) is 17.1. The first-order valence-corrected chi connectivity index (χ1v) is 10.6. The normalized spacial score (nSPS) is 22.7. The van der Waals surface area contributed by atoms with E-state index in [1.807, 2.05) is 13.8 Å². The molecule has 152 valence electrons. The molecule has 2 heterocycles. The van der Waals surface area contributed by atoms with Crippen molar-refractivity contribution in [1.29, 1.82) is 0 Å². The molecule has 2 saturated heterocycles. The van der Waals surface area contributed by atoms with Crippen molar-refractivity contribution >= 4 is 5.91 Å². The van der Waals surface area contributed by atoms with Gasteiger partial charge in [-0.25, -0.2) is 0 Å². The SMILES string of the molecule is CC(C)CN1CCC(C2CCN(C(=O)CCOCCOC(C)C)C2)CC1. The van der Waals surface area contributed by atoms with Crippen molar-refractivity contribution in [1.82, 2.24) is 9.80 Å². The fourth-order valence-corrected chi connectivity index (χ4v) is 4.28. The number of nitrogens with zero attached hydrogens (tertiary/aromatic N) is 2. The van der Waals surface area contributed by atoms with Crippen LogP contribution < -0.4 is 0 Å². The molecule has 2 rings (SSSR count). The summed E-state index contributed by atoms with van der Waals surface area (Å²) in [6, 6.07) is 0.